The number of nitrogens with zero attached hydrogens (tertiary/aromatic N) is 1. The first-order chi connectivity index (χ1) is 7.91. The van der Waals surface area contributed by atoms with Gasteiger partial charge in [0.2, 0.25) is 0 Å². The number of non-ortho nitro benzene ring substituents is 1. The van der Waals surface area contributed by atoms with Gasteiger partial charge in [-0.1, -0.05) is 0 Å². The fraction of sp³-hybridized carbons (Fsp3) is 0.250. The highest BCUT2D eigenvalue weighted by Gasteiger charge is 2.20. The third-order valence-electron chi connectivity index (χ3n) is 1.86. The fourth-order valence-electron chi connectivity index (χ4n) is 1.00. The number of nitro groups is 1. The third-order valence-corrected chi connectivity index (χ3v) is 4.29. The number of hydrogen-bond donors (Lipinski definition) is 1. The Labute approximate surface area is 103 Å². The van der Waals surface area contributed by atoms with E-state index in [1.54, 1.807) is 0 Å². The van der Waals surface area contributed by atoms with E-state index in [-0.39, 0.29) is 17.1 Å². The number of benzene rings is 1. The average Bonchev–Trinajstić information content (AvgIpc) is 2.31. The fourth-order valence-corrected chi connectivity index (χ4v) is 1.95. The van der Waals surface area contributed by atoms with Crippen LogP contribution in [0.15, 0.2) is 18.2 Å². The summed E-state index contributed by atoms with van der Waals surface area (Å²) >= 11 is 4.99. The van der Waals surface area contributed by atoms with Gasteiger partial charge >= 0.3 is 6.72 Å². The zero-order valence-electron chi connectivity index (χ0n) is 9.15. The van der Waals surface area contributed by atoms with Gasteiger partial charge in [0.25, 0.3) is 5.69 Å². The van der Waals surface area contributed by atoms with Crippen molar-refractivity contribution in [1.29, 1.82) is 0 Å². The highest BCUT2D eigenvalue weighted by atomic mass is 32.5. The maximum absolute atomic E-state index is 10.5. The van der Waals surface area contributed by atoms with Gasteiger partial charge in [0.1, 0.15) is 0 Å². The van der Waals surface area contributed by atoms with Crippen LogP contribution in [0.4, 0.5) is 11.4 Å². The van der Waals surface area contributed by atoms with Crippen LogP contribution in [0.5, 0.6) is 5.75 Å². The van der Waals surface area contributed by atoms with Crippen LogP contribution in [-0.2, 0) is 20.9 Å². The Bertz CT molecular complexity index is 473. The van der Waals surface area contributed by atoms with Crippen LogP contribution in [0.25, 0.3) is 0 Å². The maximum Gasteiger partial charge on any atom is 0.380 e. The molecule has 17 heavy (non-hydrogen) atoms. The number of nitro benzene ring substituents is 1. The van der Waals surface area contributed by atoms with E-state index >= 15 is 0 Å². The van der Waals surface area contributed by atoms with Crippen molar-refractivity contribution >= 4 is 29.9 Å². The van der Waals surface area contributed by atoms with E-state index in [1.807, 2.05) is 0 Å². The Morgan fingerprint density at radius 3 is 2.41 bits per heavy atom. The van der Waals surface area contributed by atoms with Gasteiger partial charge in [-0.05, 0) is 6.07 Å². The Balaban J connectivity index is 3.01. The Morgan fingerprint density at radius 1 is 1.41 bits per heavy atom. The summed E-state index contributed by atoms with van der Waals surface area (Å²) in [5, 5.41) is 10.5. The summed E-state index contributed by atoms with van der Waals surface area (Å²) in [6.07, 6.45) is 0. The summed E-state index contributed by atoms with van der Waals surface area (Å²) in [7, 11) is 2.71. The monoisotopic (exact) mass is 278 g/mol. The molecule has 0 saturated carbocycles. The van der Waals surface area contributed by atoms with Crippen molar-refractivity contribution in [3.63, 3.8) is 0 Å². The molecule has 0 atom stereocenters. The van der Waals surface area contributed by atoms with Crippen molar-refractivity contribution in [2.75, 3.05) is 20.0 Å². The minimum absolute atomic E-state index is 0.0996. The van der Waals surface area contributed by atoms with Crippen LogP contribution < -0.4 is 10.3 Å². The first kappa shape index (κ1) is 13.9. The molecule has 0 unspecified atom stereocenters. The maximum atomic E-state index is 10.5. The zero-order chi connectivity index (χ0) is 13.1. The highest BCUT2D eigenvalue weighted by Crippen LogP contribution is 2.49. The van der Waals surface area contributed by atoms with Crippen molar-refractivity contribution in [1.82, 2.24) is 0 Å². The van der Waals surface area contributed by atoms with Gasteiger partial charge in [-0.25, -0.2) is 0 Å². The molecule has 0 radical (unpaired) electrons. The van der Waals surface area contributed by atoms with Gasteiger partial charge in [0.05, 0.1) is 10.6 Å². The molecule has 0 heterocycles. The van der Waals surface area contributed by atoms with Gasteiger partial charge in [-0.15, -0.1) is 0 Å². The van der Waals surface area contributed by atoms with Crippen molar-refractivity contribution in [2.45, 2.75) is 0 Å². The molecule has 2 N–H and O–H groups in total. The predicted molar refractivity (Wildman–Crippen MR) is 66.4 cm³/mol. The summed E-state index contributed by atoms with van der Waals surface area (Å²) in [5.41, 5.74) is 5.58. The van der Waals surface area contributed by atoms with Gasteiger partial charge < -0.3 is 19.3 Å². The minimum atomic E-state index is -2.89. The van der Waals surface area contributed by atoms with Crippen molar-refractivity contribution < 1.29 is 18.5 Å². The lowest BCUT2D eigenvalue weighted by Crippen LogP contribution is -2.00. The molecule has 94 valence electrons. The first-order valence-corrected chi connectivity index (χ1v) is 6.92. The number of nitrogen functional groups attached to an aromatic ring is 1. The number of nitrogens with two attached hydrogens (primary N) is 1. The van der Waals surface area contributed by atoms with E-state index in [1.165, 1.54) is 32.4 Å². The molecule has 0 aromatic heterocycles. The summed E-state index contributed by atoms with van der Waals surface area (Å²) < 4.78 is 15.1. The molecule has 0 saturated heterocycles. The van der Waals surface area contributed by atoms with Crippen LogP contribution in [0.1, 0.15) is 0 Å². The lowest BCUT2D eigenvalue weighted by Gasteiger charge is -2.18. The molecular weight excluding hydrogens is 267 g/mol. The predicted octanol–water partition coefficient (Wildman–Crippen LogP) is 2.07. The molecule has 0 aliphatic carbocycles. The van der Waals surface area contributed by atoms with Crippen LogP contribution >= 0.6 is 6.72 Å². The summed E-state index contributed by atoms with van der Waals surface area (Å²) in [4.78, 5) is 9.96. The van der Waals surface area contributed by atoms with Crippen molar-refractivity contribution in [3.8, 4) is 5.75 Å². The van der Waals surface area contributed by atoms with E-state index < -0.39 is 11.6 Å². The average molecular weight is 278 g/mol. The Kier molecular flexibility index (Phi) is 4.41. The molecule has 1 rings (SSSR count). The SMILES string of the molecule is COP(=S)(OC)Oc1ccc([N+](=O)[O-])cc1N. The largest absolute Gasteiger partial charge is 0.422 e. The first-order valence-electron chi connectivity index (χ1n) is 4.37. The molecule has 7 nitrogen and oxygen atoms in total. The topological polar surface area (TPSA) is 96.8 Å². The smallest absolute Gasteiger partial charge is 0.380 e. The molecule has 1 aromatic carbocycles. The Hall–Kier alpha value is -1.21. The number of anilines is 1. The second kappa shape index (κ2) is 5.42. The van der Waals surface area contributed by atoms with E-state index in [2.05, 4.69) is 0 Å². The van der Waals surface area contributed by atoms with E-state index in [9.17, 15) is 10.1 Å². The summed E-state index contributed by atoms with van der Waals surface area (Å²) in [6.45, 7) is -2.89. The molecule has 0 aliphatic rings. The molecule has 0 aliphatic heterocycles. The van der Waals surface area contributed by atoms with E-state index in [0.717, 1.165) is 0 Å². The minimum Gasteiger partial charge on any atom is -0.422 e. The summed E-state index contributed by atoms with van der Waals surface area (Å²) in [6, 6.07) is 3.80. The molecule has 1 aromatic rings. The quantitative estimate of drug-likeness (QED) is 0.381. The highest BCUT2D eigenvalue weighted by molar-refractivity contribution is 8.07. The van der Waals surface area contributed by atoms with Gasteiger partial charge in [-0.3, -0.25) is 10.1 Å². The lowest BCUT2D eigenvalue weighted by molar-refractivity contribution is -0.384. The molecule has 9 heteroatoms. The molecule has 0 amide bonds. The molecule has 0 bridgehead atoms. The van der Waals surface area contributed by atoms with Crippen LogP contribution in [0.2, 0.25) is 0 Å². The van der Waals surface area contributed by atoms with Crippen molar-refractivity contribution in [3.05, 3.63) is 28.3 Å². The van der Waals surface area contributed by atoms with Gasteiger partial charge in [0.15, 0.2) is 5.75 Å². The van der Waals surface area contributed by atoms with Crippen LogP contribution in [-0.4, -0.2) is 19.1 Å². The second-order valence-electron chi connectivity index (χ2n) is 2.88. The van der Waals surface area contributed by atoms with E-state index in [4.69, 9.17) is 31.1 Å². The third kappa shape index (κ3) is 3.37. The van der Waals surface area contributed by atoms with Crippen LogP contribution in [0, 0.1) is 10.1 Å². The second-order valence-corrected chi connectivity index (χ2v) is 6.03. The van der Waals surface area contributed by atoms with Crippen LogP contribution in [0.3, 0.4) is 0 Å². The van der Waals surface area contributed by atoms with Gasteiger partial charge in [-0.2, -0.15) is 0 Å². The van der Waals surface area contributed by atoms with Crippen molar-refractivity contribution in [2.24, 2.45) is 0 Å². The standard InChI is InChI=1S/C8H11N2O5PS/c1-13-16(17,14-2)15-8-4-3-6(10(11)12)5-7(8)9/h3-5H,9H2,1-2H3. The number of rotatable bonds is 5. The molecule has 0 fully saturated rings. The zero-order valence-corrected chi connectivity index (χ0v) is 10.9. The number of hydrogen-bond acceptors (Lipinski definition) is 7. The lowest BCUT2D eigenvalue weighted by atomic mass is 10.2. The molecular formula is C8H11N2O5PS. The normalized spacial score (nSPS) is 11.2. The Morgan fingerprint density at radius 2 is 2.00 bits per heavy atom. The van der Waals surface area contributed by atoms with E-state index in [0.29, 0.717) is 0 Å². The summed E-state index contributed by atoms with van der Waals surface area (Å²) in [5.74, 6) is 0.197. The molecule has 0 spiro atoms. The van der Waals surface area contributed by atoms with Gasteiger partial charge in [0, 0.05) is 38.2 Å².